The van der Waals surface area contributed by atoms with E-state index in [2.05, 4.69) is 53.0 Å². The molecule has 0 aliphatic rings. The zero-order chi connectivity index (χ0) is 26.1. The molecule has 0 saturated heterocycles. The summed E-state index contributed by atoms with van der Waals surface area (Å²) in [6.45, 7) is 1.75. The van der Waals surface area contributed by atoms with Crippen molar-refractivity contribution in [1.82, 2.24) is 10.7 Å². The average molecular weight is 622 g/mol. The van der Waals surface area contributed by atoms with Crippen LogP contribution < -0.4 is 25.5 Å². The van der Waals surface area contributed by atoms with Crippen LogP contribution in [0.25, 0.3) is 0 Å². The van der Waals surface area contributed by atoms with Gasteiger partial charge in [-0.25, -0.2) is 5.43 Å². The van der Waals surface area contributed by atoms with Crippen molar-refractivity contribution in [3.05, 3.63) is 74.6 Å². The van der Waals surface area contributed by atoms with Crippen molar-refractivity contribution in [3.63, 3.8) is 0 Å². The molecule has 3 rings (SSSR count). The molecule has 3 aromatic rings. The minimum Gasteiger partial charge on any atom is -0.493 e. The Kier molecular flexibility index (Phi) is 9.65. The first-order valence-corrected chi connectivity index (χ1v) is 12.1. The number of hydrogen-bond donors (Lipinski definition) is 3. The molecular weight excluding hydrogens is 600 g/mol. The first-order chi connectivity index (χ1) is 17.3. The van der Waals surface area contributed by atoms with Crippen LogP contribution >= 0.6 is 31.9 Å². The van der Waals surface area contributed by atoms with Gasteiger partial charge in [-0.3, -0.25) is 14.4 Å². The van der Waals surface area contributed by atoms with Gasteiger partial charge in [0.15, 0.2) is 18.1 Å². The van der Waals surface area contributed by atoms with Gasteiger partial charge in [0.25, 0.3) is 5.91 Å². The number of methoxy groups -OCH3 is 1. The summed E-state index contributed by atoms with van der Waals surface area (Å²) in [4.78, 5) is 36.1. The van der Waals surface area contributed by atoms with Gasteiger partial charge >= 0.3 is 11.8 Å². The van der Waals surface area contributed by atoms with Gasteiger partial charge in [0, 0.05) is 10.2 Å². The summed E-state index contributed by atoms with van der Waals surface area (Å²) in [6, 6.07) is 12.1. The maximum Gasteiger partial charge on any atom is 0.329 e. The molecule has 12 heteroatoms. The van der Waals surface area contributed by atoms with Gasteiger partial charge in [0.05, 0.1) is 30.6 Å². The summed E-state index contributed by atoms with van der Waals surface area (Å²) in [6.07, 6.45) is 2.80. The number of furan rings is 1. The average Bonchev–Trinajstić information content (AvgIpc) is 3.37. The van der Waals surface area contributed by atoms with Crippen LogP contribution in [-0.2, 0) is 20.9 Å². The molecule has 36 heavy (non-hydrogen) atoms. The number of carbonyl (C=O) groups excluding carboxylic acids is 3. The molecule has 2 aromatic carbocycles. The number of benzene rings is 2. The Balaban J connectivity index is 1.55. The highest BCUT2D eigenvalue weighted by molar-refractivity contribution is 9.10. The molecule has 0 aliphatic carbocycles. The Hall–Kier alpha value is -3.64. The first kappa shape index (κ1) is 27.0. The van der Waals surface area contributed by atoms with E-state index in [1.165, 1.54) is 19.6 Å². The molecule has 0 atom stereocenters. The zero-order valence-corrected chi connectivity index (χ0v) is 22.4. The van der Waals surface area contributed by atoms with E-state index in [0.29, 0.717) is 33.0 Å². The zero-order valence-electron chi connectivity index (χ0n) is 19.3. The van der Waals surface area contributed by atoms with Crippen LogP contribution in [0.2, 0.25) is 0 Å². The molecule has 1 heterocycles. The summed E-state index contributed by atoms with van der Waals surface area (Å²) < 4.78 is 17.6. The topological polar surface area (TPSA) is 131 Å². The lowest BCUT2D eigenvalue weighted by Crippen LogP contribution is -2.37. The van der Waals surface area contributed by atoms with Gasteiger partial charge in [-0.15, -0.1) is 0 Å². The van der Waals surface area contributed by atoms with Crippen molar-refractivity contribution in [1.29, 1.82) is 0 Å². The molecule has 188 valence electrons. The van der Waals surface area contributed by atoms with Gasteiger partial charge < -0.3 is 24.5 Å². The molecule has 1 aromatic heterocycles. The number of nitrogens with zero attached hydrogens (tertiary/aromatic N) is 1. The Bertz CT molecular complexity index is 1280. The normalized spacial score (nSPS) is 10.7. The monoisotopic (exact) mass is 620 g/mol. The lowest BCUT2D eigenvalue weighted by molar-refractivity contribution is -0.139. The third-order valence-corrected chi connectivity index (χ3v) is 6.11. The van der Waals surface area contributed by atoms with Gasteiger partial charge in [-0.2, -0.15) is 5.10 Å². The summed E-state index contributed by atoms with van der Waals surface area (Å²) >= 11 is 6.81. The second kappa shape index (κ2) is 12.9. The number of carbonyl (C=O) groups is 3. The fourth-order valence-electron chi connectivity index (χ4n) is 2.89. The smallest absolute Gasteiger partial charge is 0.329 e. The highest BCUT2D eigenvalue weighted by atomic mass is 79.9. The molecule has 0 spiro atoms. The summed E-state index contributed by atoms with van der Waals surface area (Å²) in [5.41, 5.74) is 4.33. The number of halogens is 2. The van der Waals surface area contributed by atoms with E-state index in [9.17, 15) is 14.4 Å². The van der Waals surface area contributed by atoms with Gasteiger partial charge in [0.1, 0.15) is 5.76 Å². The van der Waals surface area contributed by atoms with Crippen molar-refractivity contribution in [2.45, 2.75) is 13.5 Å². The third kappa shape index (κ3) is 7.68. The van der Waals surface area contributed by atoms with E-state index >= 15 is 0 Å². The van der Waals surface area contributed by atoms with Crippen LogP contribution in [0.3, 0.4) is 0 Å². The van der Waals surface area contributed by atoms with E-state index in [0.717, 1.165) is 10.0 Å². The van der Waals surface area contributed by atoms with E-state index in [4.69, 9.17) is 13.9 Å². The van der Waals surface area contributed by atoms with Gasteiger partial charge in [-0.1, -0.05) is 15.9 Å². The number of rotatable bonds is 9. The van der Waals surface area contributed by atoms with Crippen molar-refractivity contribution in [2.24, 2.45) is 5.10 Å². The number of ether oxygens (including phenoxy) is 2. The minimum absolute atomic E-state index is 0.0787. The predicted octanol–water partition coefficient (Wildman–Crippen LogP) is 3.91. The Labute approximate surface area is 223 Å². The Morgan fingerprint density at radius 3 is 2.58 bits per heavy atom. The van der Waals surface area contributed by atoms with Crippen LogP contribution in [0.5, 0.6) is 11.5 Å². The SMILES string of the molecule is COc1cc(/C=N\NC(=O)C(=O)NCc2ccco2)cc(Br)c1OCC(=O)Nc1ccc(Br)c(C)c1. The third-order valence-electron chi connectivity index (χ3n) is 4.63. The number of anilines is 1. The van der Waals surface area contributed by atoms with Crippen molar-refractivity contribution in [2.75, 3.05) is 19.0 Å². The predicted molar refractivity (Wildman–Crippen MR) is 140 cm³/mol. The molecule has 0 fully saturated rings. The fourth-order valence-corrected chi connectivity index (χ4v) is 3.71. The van der Waals surface area contributed by atoms with Crippen molar-refractivity contribution >= 4 is 61.5 Å². The summed E-state index contributed by atoms with van der Waals surface area (Å²) in [7, 11) is 1.45. The molecule has 10 nitrogen and oxygen atoms in total. The summed E-state index contributed by atoms with van der Waals surface area (Å²) in [5.74, 6) is -0.971. The van der Waals surface area contributed by atoms with Crippen LogP contribution in [0, 0.1) is 6.92 Å². The van der Waals surface area contributed by atoms with E-state index in [1.54, 1.807) is 30.3 Å². The quantitative estimate of drug-likeness (QED) is 0.189. The Morgan fingerprint density at radius 2 is 1.89 bits per heavy atom. The van der Waals surface area contributed by atoms with E-state index in [1.807, 2.05) is 19.1 Å². The van der Waals surface area contributed by atoms with E-state index in [-0.39, 0.29) is 19.1 Å². The minimum atomic E-state index is -0.934. The molecule has 0 aliphatic heterocycles. The molecule has 0 radical (unpaired) electrons. The van der Waals surface area contributed by atoms with Crippen LogP contribution in [-0.4, -0.2) is 37.7 Å². The second-order valence-corrected chi connectivity index (χ2v) is 9.00. The van der Waals surface area contributed by atoms with Gasteiger partial charge in [-0.05, 0) is 76.4 Å². The highest BCUT2D eigenvalue weighted by Gasteiger charge is 2.15. The fraction of sp³-hybridized carbons (Fsp3) is 0.167. The van der Waals surface area contributed by atoms with Gasteiger partial charge in [0.2, 0.25) is 0 Å². The van der Waals surface area contributed by atoms with Crippen molar-refractivity contribution < 1.29 is 28.3 Å². The standard InChI is InChI=1S/C24H22Br2N4O6/c1-14-8-16(5-6-18(14)25)29-21(31)13-36-22-19(26)9-15(10-20(22)34-2)11-28-30-24(33)23(32)27-12-17-4-3-7-35-17/h3-11H,12-13H2,1-2H3,(H,27,32)(H,29,31)(H,30,33)/b28-11-. The highest BCUT2D eigenvalue weighted by Crippen LogP contribution is 2.36. The van der Waals surface area contributed by atoms with Crippen LogP contribution in [0.15, 0.2) is 67.2 Å². The molecule has 0 saturated carbocycles. The molecule has 3 amide bonds. The number of nitrogens with one attached hydrogen (secondary N) is 3. The van der Waals surface area contributed by atoms with E-state index < -0.39 is 11.8 Å². The number of hydrazone groups is 1. The maximum atomic E-state index is 12.3. The maximum absolute atomic E-state index is 12.3. The molecule has 3 N–H and O–H groups in total. The largest absolute Gasteiger partial charge is 0.493 e. The van der Waals surface area contributed by atoms with Crippen molar-refractivity contribution in [3.8, 4) is 11.5 Å². The number of aryl methyl sites for hydroxylation is 1. The molecular formula is C24H22Br2N4O6. The summed E-state index contributed by atoms with van der Waals surface area (Å²) in [5, 5.41) is 8.98. The lowest BCUT2D eigenvalue weighted by Gasteiger charge is -2.14. The van der Waals surface area contributed by atoms with Crippen LogP contribution in [0.4, 0.5) is 5.69 Å². The molecule has 0 bridgehead atoms. The first-order valence-electron chi connectivity index (χ1n) is 10.5. The van der Waals surface area contributed by atoms with Crippen LogP contribution in [0.1, 0.15) is 16.9 Å². The second-order valence-electron chi connectivity index (χ2n) is 7.30. The Morgan fingerprint density at radius 1 is 1.08 bits per heavy atom. The number of amides is 3. The number of hydrogen-bond acceptors (Lipinski definition) is 7. The molecule has 0 unspecified atom stereocenters. The lowest BCUT2D eigenvalue weighted by atomic mass is 10.2.